The lowest BCUT2D eigenvalue weighted by atomic mass is 9.98. The summed E-state index contributed by atoms with van der Waals surface area (Å²) in [6, 6.07) is 0. The average Bonchev–Trinajstić information content (AvgIpc) is 3.22. The van der Waals surface area contributed by atoms with Crippen LogP contribution in [-0.2, 0) is 33.2 Å². The quantitative estimate of drug-likeness (QED) is 0.0261. The first kappa shape index (κ1) is 52.6. The van der Waals surface area contributed by atoms with E-state index in [1.54, 1.807) is 0 Å². The van der Waals surface area contributed by atoms with Crippen molar-refractivity contribution in [2.75, 3.05) is 33.0 Å². The van der Waals surface area contributed by atoms with E-state index in [1.807, 2.05) is 0 Å². The van der Waals surface area contributed by atoms with Crippen LogP contribution in [0.15, 0.2) is 24.3 Å². The third kappa shape index (κ3) is 21.8. The molecule has 2 saturated heterocycles. The summed E-state index contributed by atoms with van der Waals surface area (Å²) in [5.74, 6) is -0.390. The Balaban J connectivity index is 1.83. The predicted molar refractivity (Wildman–Crippen MR) is 220 cm³/mol. The Kier molecular flexibility index (Phi) is 30.1. The van der Waals surface area contributed by atoms with Gasteiger partial charge in [0.15, 0.2) is 12.6 Å². The lowest BCUT2D eigenvalue weighted by Crippen LogP contribution is -2.61. The standard InChI is InChI=1S/C44H80O14/c1-3-5-7-9-11-13-15-17-19-21-23-25-27-36(46)56-33(30-53-28-26-24-22-20-18-16-14-12-10-8-6-4-2)31-54-43-42(52)40(50)38(48)35(58-43)32-55-44-41(51)39(49)37(47)34(29-45)57-44/h10-13,33-35,37-45,47-52H,3-9,14-32H2,1-2H3/b12-10-,13-11-. The van der Waals surface area contributed by atoms with Crippen LogP contribution in [0.1, 0.15) is 149 Å². The highest BCUT2D eigenvalue weighted by Gasteiger charge is 2.47. The van der Waals surface area contributed by atoms with Crippen LogP contribution in [0.5, 0.6) is 0 Å². The van der Waals surface area contributed by atoms with Gasteiger partial charge in [-0.05, 0) is 57.8 Å². The van der Waals surface area contributed by atoms with Crippen molar-refractivity contribution in [1.29, 1.82) is 0 Å². The molecule has 58 heavy (non-hydrogen) atoms. The molecule has 14 heteroatoms. The van der Waals surface area contributed by atoms with Crippen LogP contribution in [0.2, 0.25) is 0 Å². The van der Waals surface area contributed by atoms with Gasteiger partial charge in [0, 0.05) is 13.0 Å². The van der Waals surface area contributed by atoms with E-state index < -0.39 is 86.7 Å². The van der Waals surface area contributed by atoms with Gasteiger partial charge in [0.05, 0.1) is 26.4 Å². The Morgan fingerprint density at radius 1 is 0.552 bits per heavy atom. The van der Waals surface area contributed by atoms with Gasteiger partial charge in [-0.3, -0.25) is 4.79 Å². The molecule has 0 aromatic rings. The molecule has 2 fully saturated rings. The van der Waals surface area contributed by atoms with Crippen LogP contribution >= 0.6 is 0 Å². The van der Waals surface area contributed by atoms with Gasteiger partial charge in [0.1, 0.15) is 54.9 Å². The third-order valence-corrected chi connectivity index (χ3v) is 10.7. The van der Waals surface area contributed by atoms with Crippen molar-refractivity contribution < 1.29 is 69.0 Å². The zero-order chi connectivity index (χ0) is 42.4. The number of hydrogen-bond donors (Lipinski definition) is 7. The number of unbranched alkanes of at least 4 members (excludes halogenated alkanes) is 16. The van der Waals surface area contributed by atoms with E-state index in [2.05, 4.69) is 38.2 Å². The molecule has 340 valence electrons. The number of esters is 1. The Labute approximate surface area is 347 Å². The Morgan fingerprint density at radius 2 is 1.03 bits per heavy atom. The van der Waals surface area contributed by atoms with Crippen LogP contribution in [0.25, 0.3) is 0 Å². The minimum absolute atomic E-state index is 0.0553. The number of carbonyl (C=O) groups excluding carboxylic acids is 1. The van der Waals surface area contributed by atoms with Gasteiger partial charge in [-0.1, -0.05) is 109 Å². The maximum Gasteiger partial charge on any atom is 0.306 e. The van der Waals surface area contributed by atoms with Crippen LogP contribution in [-0.4, -0.2) is 142 Å². The molecule has 0 radical (unpaired) electrons. The summed E-state index contributed by atoms with van der Waals surface area (Å²) in [7, 11) is 0. The molecule has 0 spiro atoms. The molecule has 0 aromatic heterocycles. The molecule has 7 N–H and O–H groups in total. The molecule has 2 aliphatic heterocycles. The molecule has 2 aliphatic rings. The first-order valence-corrected chi connectivity index (χ1v) is 22.4. The highest BCUT2D eigenvalue weighted by Crippen LogP contribution is 2.26. The van der Waals surface area contributed by atoms with E-state index in [4.69, 9.17) is 28.4 Å². The zero-order valence-corrected chi connectivity index (χ0v) is 35.5. The van der Waals surface area contributed by atoms with Crippen molar-refractivity contribution in [3.63, 3.8) is 0 Å². The van der Waals surface area contributed by atoms with Gasteiger partial charge in [0.2, 0.25) is 0 Å². The smallest absolute Gasteiger partial charge is 0.306 e. The molecular weight excluding hydrogens is 752 g/mol. The van der Waals surface area contributed by atoms with Gasteiger partial charge >= 0.3 is 5.97 Å². The Bertz CT molecular complexity index is 1060. The number of ether oxygens (including phenoxy) is 6. The second-order valence-electron chi connectivity index (χ2n) is 15.9. The normalized spacial score (nSPS) is 28.4. The van der Waals surface area contributed by atoms with Crippen LogP contribution < -0.4 is 0 Å². The van der Waals surface area contributed by atoms with Crippen molar-refractivity contribution in [2.45, 2.75) is 216 Å². The fourth-order valence-corrected chi connectivity index (χ4v) is 6.91. The monoisotopic (exact) mass is 833 g/mol. The van der Waals surface area contributed by atoms with Crippen LogP contribution in [0, 0.1) is 0 Å². The van der Waals surface area contributed by atoms with Crippen molar-refractivity contribution in [2.24, 2.45) is 0 Å². The van der Waals surface area contributed by atoms with Crippen molar-refractivity contribution in [3.05, 3.63) is 24.3 Å². The second kappa shape index (κ2) is 33.1. The molecule has 11 unspecified atom stereocenters. The molecule has 0 aromatic carbocycles. The Morgan fingerprint density at radius 3 is 1.62 bits per heavy atom. The number of aliphatic hydroxyl groups excluding tert-OH is 7. The van der Waals surface area contributed by atoms with Crippen molar-refractivity contribution in [1.82, 2.24) is 0 Å². The van der Waals surface area contributed by atoms with E-state index in [0.717, 1.165) is 70.6 Å². The molecular formula is C44H80O14. The van der Waals surface area contributed by atoms with Gasteiger partial charge < -0.3 is 64.2 Å². The SMILES string of the molecule is CCCC/C=C\CCCCCCCCOCC(COC1OC(COC2OC(CO)C(O)C(O)C2O)C(O)C(O)C1O)OC(=O)CCCCCCC/C=C\CCCCC. The first-order chi connectivity index (χ1) is 28.1. The minimum atomic E-state index is -1.71. The average molecular weight is 833 g/mol. The number of aliphatic hydroxyl groups is 7. The molecule has 0 saturated carbocycles. The van der Waals surface area contributed by atoms with Crippen molar-refractivity contribution >= 4 is 5.97 Å². The van der Waals surface area contributed by atoms with Gasteiger partial charge in [-0.25, -0.2) is 0 Å². The molecule has 14 nitrogen and oxygen atoms in total. The van der Waals surface area contributed by atoms with E-state index >= 15 is 0 Å². The Hall–Kier alpha value is -1.53. The fourth-order valence-electron chi connectivity index (χ4n) is 6.91. The lowest BCUT2D eigenvalue weighted by Gasteiger charge is -2.42. The zero-order valence-electron chi connectivity index (χ0n) is 35.5. The van der Waals surface area contributed by atoms with Gasteiger partial charge in [0.25, 0.3) is 0 Å². The largest absolute Gasteiger partial charge is 0.457 e. The molecule has 2 heterocycles. The van der Waals surface area contributed by atoms with E-state index in [-0.39, 0.29) is 19.6 Å². The number of hydrogen-bond acceptors (Lipinski definition) is 14. The highest BCUT2D eigenvalue weighted by molar-refractivity contribution is 5.69. The van der Waals surface area contributed by atoms with E-state index in [9.17, 15) is 40.5 Å². The summed E-state index contributed by atoms with van der Waals surface area (Å²) in [6.45, 7) is 3.58. The minimum Gasteiger partial charge on any atom is -0.457 e. The maximum atomic E-state index is 12.9. The molecule has 11 atom stereocenters. The summed E-state index contributed by atoms with van der Waals surface area (Å²) < 4.78 is 34.1. The summed E-state index contributed by atoms with van der Waals surface area (Å²) in [4.78, 5) is 12.9. The van der Waals surface area contributed by atoms with Gasteiger partial charge in [-0.15, -0.1) is 0 Å². The number of carbonyl (C=O) groups is 1. The molecule has 0 bridgehead atoms. The summed E-state index contributed by atoms with van der Waals surface area (Å²) in [6.07, 6.45) is 15.4. The molecule has 0 amide bonds. The van der Waals surface area contributed by atoms with E-state index in [1.165, 1.54) is 51.4 Å². The lowest BCUT2D eigenvalue weighted by molar-refractivity contribution is -0.332. The maximum absolute atomic E-state index is 12.9. The molecule has 2 rings (SSSR count). The number of rotatable bonds is 34. The highest BCUT2D eigenvalue weighted by atomic mass is 16.7. The first-order valence-electron chi connectivity index (χ1n) is 22.4. The molecule has 0 aliphatic carbocycles. The number of allylic oxidation sites excluding steroid dienone is 4. The third-order valence-electron chi connectivity index (χ3n) is 10.7. The second-order valence-corrected chi connectivity index (χ2v) is 15.9. The summed E-state index contributed by atoms with van der Waals surface area (Å²) in [5.41, 5.74) is 0. The predicted octanol–water partition coefficient (Wildman–Crippen LogP) is 4.90. The van der Waals surface area contributed by atoms with Crippen LogP contribution in [0.3, 0.4) is 0 Å². The van der Waals surface area contributed by atoms with Crippen molar-refractivity contribution in [3.8, 4) is 0 Å². The van der Waals surface area contributed by atoms with Crippen LogP contribution in [0.4, 0.5) is 0 Å². The van der Waals surface area contributed by atoms with Gasteiger partial charge in [-0.2, -0.15) is 0 Å². The fraction of sp³-hybridized carbons (Fsp3) is 0.886. The topological polar surface area (TPSA) is 214 Å². The van der Waals surface area contributed by atoms with E-state index in [0.29, 0.717) is 13.0 Å². The summed E-state index contributed by atoms with van der Waals surface area (Å²) in [5, 5.41) is 71.8. The summed E-state index contributed by atoms with van der Waals surface area (Å²) >= 11 is 0.